The summed E-state index contributed by atoms with van der Waals surface area (Å²) < 4.78 is 5.12. The van der Waals surface area contributed by atoms with E-state index in [9.17, 15) is 9.59 Å². The third-order valence-corrected chi connectivity index (χ3v) is 4.13. The standard InChI is InChI=1S/C14H20O3/c1-9(2)14(16)17-6-5-10-3-4-11-7-12(10)8-13(11)15/h10-12H,1,3-8H2,2H3. The van der Waals surface area contributed by atoms with E-state index in [2.05, 4.69) is 6.58 Å². The monoisotopic (exact) mass is 236 g/mol. The van der Waals surface area contributed by atoms with Gasteiger partial charge in [-0.3, -0.25) is 4.79 Å². The summed E-state index contributed by atoms with van der Waals surface area (Å²) >= 11 is 0. The molecule has 0 saturated heterocycles. The molecule has 0 aliphatic heterocycles. The van der Waals surface area contributed by atoms with Crippen LogP contribution >= 0.6 is 0 Å². The Balaban J connectivity index is 1.75. The summed E-state index contributed by atoms with van der Waals surface area (Å²) in [6, 6.07) is 0. The summed E-state index contributed by atoms with van der Waals surface area (Å²) in [7, 11) is 0. The number of fused-ring (bicyclic) bond motifs is 2. The minimum atomic E-state index is -0.304. The lowest BCUT2D eigenvalue weighted by molar-refractivity contribution is -0.139. The van der Waals surface area contributed by atoms with Crippen LogP contribution in [-0.4, -0.2) is 18.4 Å². The van der Waals surface area contributed by atoms with Gasteiger partial charge in [0.2, 0.25) is 0 Å². The molecule has 2 aliphatic rings. The molecule has 3 nitrogen and oxygen atoms in total. The number of Topliss-reactive ketones (excluding diaryl/α,β-unsaturated/α-hetero) is 1. The largest absolute Gasteiger partial charge is 0.462 e. The molecule has 94 valence electrons. The molecular weight excluding hydrogens is 216 g/mol. The molecule has 0 radical (unpaired) electrons. The molecule has 2 aliphatic carbocycles. The van der Waals surface area contributed by atoms with Crippen LogP contribution in [0.1, 0.15) is 39.0 Å². The fourth-order valence-electron chi connectivity index (χ4n) is 3.10. The summed E-state index contributed by atoms with van der Waals surface area (Å²) in [6.07, 6.45) is 4.87. The Labute approximate surface area is 102 Å². The maximum Gasteiger partial charge on any atom is 0.333 e. The molecule has 2 bridgehead atoms. The zero-order valence-corrected chi connectivity index (χ0v) is 10.4. The van der Waals surface area contributed by atoms with Crippen LogP contribution in [-0.2, 0) is 14.3 Å². The van der Waals surface area contributed by atoms with Gasteiger partial charge in [0, 0.05) is 17.9 Å². The maximum absolute atomic E-state index is 11.6. The van der Waals surface area contributed by atoms with Crippen LogP contribution < -0.4 is 0 Å². The number of hydrogen-bond donors (Lipinski definition) is 0. The summed E-state index contributed by atoms with van der Waals surface area (Å²) in [5.74, 6) is 1.60. The van der Waals surface area contributed by atoms with Crippen molar-refractivity contribution in [2.75, 3.05) is 6.61 Å². The zero-order valence-electron chi connectivity index (χ0n) is 10.4. The van der Waals surface area contributed by atoms with Gasteiger partial charge in [-0.1, -0.05) is 6.58 Å². The fraction of sp³-hybridized carbons (Fsp3) is 0.714. The second kappa shape index (κ2) is 5.03. The van der Waals surface area contributed by atoms with Gasteiger partial charge in [0.1, 0.15) is 5.78 Å². The van der Waals surface area contributed by atoms with Gasteiger partial charge in [-0.2, -0.15) is 0 Å². The van der Waals surface area contributed by atoms with Crippen LogP contribution in [0.15, 0.2) is 12.2 Å². The maximum atomic E-state index is 11.6. The van der Waals surface area contributed by atoms with Crippen molar-refractivity contribution < 1.29 is 14.3 Å². The predicted molar refractivity (Wildman–Crippen MR) is 64.3 cm³/mol. The predicted octanol–water partition coefficient (Wildman–Crippen LogP) is 2.50. The highest BCUT2D eigenvalue weighted by Crippen LogP contribution is 2.44. The number of hydrogen-bond acceptors (Lipinski definition) is 3. The van der Waals surface area contributed by atoms with Crippen molar-refractivity contribution >= 4 is 11.8 Å². The van der Waals surface area contributed by atoms with Crippen molar-refractivity contribution in [3.8, 4) is 0 Å². The molecule has 2 saturated carbocycles. The van der Waals surface area contributed by atoms with E-state index in [1.807, 2.05) is 0 Å². The summed E-state index contributed by atoms with van der Waals surface area (Å²) in [5.41, 5.74) is 0.449. The molecule has 0 N–H and O–H groups in total. The number of esters is 1. The molecule has 0 heterocycles. The van der Waals surface area contributed by atoms with Crippen LogP contribution in [0.5, 0.6) is 0 Å². The van der Waals surface area contributed by atoms with Crippen molar-refractivity contribution in [2.45, 2.75) is 39.0 Å². The van der Waals surface area contributed by atoms with Gasteiger partial charge in [0.15, 0.2) is 0 Å². The molecule has 0 aromatic heterocycles. The molecule has 0 aromatic carbocycles. The number of ketones is 1. The summed E-state index contributed by atoms with van der Waals surface area (Å²) in [5, 5.41) is 0. The average molecular weight is 236 g/mol. The van der Waals surface area contributed by atoms with E-state index >= 15 is 0 Å². The third kappa shape index (κ3) is 2.76. The van der Waals surface area contributed by atoms with Crippen molar-refractivity contribution in [3.63, 3.8) is 0 Å². The summed E-state index contributed by atoms with van der Waals surface area (Å²) in [4.78, 5) is 22.8. The Hall–Kier alpha value is -1.12. The molecule has 2 fully saturated rings. The molecule has 17 heavy (non-hydrogen) atoms. The highest BCUT2D eigenvalue weighted by molar-refractivity contribution is 5.86. The lowest BCUT2D eigenvalue weighted by Crippen LogP contribution is -2.20. The third-order valence-electron chi connectivity index (χ3n) is 4.13. The normalized spacial score (nSPS) is 31.4. The molecule has 0 spiro atoms. The highest BCUT2D eigenvalue weighted by atomic mass is 16.5. The van der Waals surface area contributed by atoms with E-state index in [0.29, 0.717) is 35.7 Å². The number of ether oxygens (including phenoxy) is 1. The second-order valence-electron chi connectivity index (χ2n) is 5.41. The van der Waals surface area contributed by atoms with Crippen molar-refractivity contribution in [2.24, 2.45) is 17.8 Å². The van der Waals surface area contributed by atoms with Crippen molar-refractivity contribution in [1.82, 2.24) is 0 Å². The number of rotatable bonds is 4. The van der Waals surface area contributed by atoms with Gasteiger partial charge in [-0.15, -0.1) is 0 Å². The lowest BCUT2D eigenvalue weighted by Gasteiger charge is -2.27. The van der Waals surface area contributed by atoms with E-state index in [1.165, 1.54) is 0 Å². The van der Waals surface area contributed by atoms with E-state index < -0.39 is 0 Å². The molecule has 0 aromatic rings. The highest BCUT2D eigenvalue weighted by Gasteiger charge is 2.40. The first-order valence-corrected chi connectivity index (χ1v) is 6.43. The van der Waals surface area contributed by atoms with Gasteiger partial charge < -0.3 is 4.74 Å². The van der Waals surface area contributed by atoms with E-state index in [0.717, 1.165) is 32.1 Å². The fourth-order valence-corrected chi connectivity index (χ4v) is 3.10. The Morgan fingerprint density at radius 3 is 2.94 bits per heavy atom. The lowest BCUT2D eigenvalue weighted by atomic mass is 9.78. The Morgan fingerprint density at radius 2 is 2.24 bits per heavy atom. The van der Waals surface area contributed by atoms with E-state index in [1.54, 1.807) is 6.92 Å². The Bertz CT molecular complexity index is 345. The van der Waals surface area contributed by atoms with Gasteiger partial charge in [-0.25, -0.2) is 4.79 Å². The van der Waals surface area contributed by atoms with Crippen LogP contribution in [0.4, 0.5) is 0 Å². The first kappa shape index (κ1) is 12.3. The van der Waals surface area contributed by atoms with Gasteiger partial charge in [-0.05, 0) is 44.4 Å². The minimum absolute atomic E-state index is 0.304. The zero-order chi connectivity index (χ0) is 12.4. The molecule has 2 rings (SSSR count). The molecular formula is C14H20O3. The summed E-state index contributed by atoms with van der Waals surface area (Å²) in [6.45, 7) is 5.67. The molecule has 3 unspecified atom stereocenters. The SMILES string of the molecule is C=C(C)C(=O)OCCC1CCC2CC1CC2=O. The quantitative estimate of drug-likeness (QED) is 0.556. The number of carbonyl (C=O) groups is 2. The molecule has 3 atom stereocenters. The molecule has 3 heteroatoms. The van der Waals surface area contributed by atoms with Gasteiger partial charge in [0.25, 0.3) is 0 Å². The Morgan fingerprint density at radius 1 is 1.47 bits per heavy atom. The van der Waals surface area contributed by atoms with Crippen molar-refractivity contribution in [1.29, 1.82) is 0 Å². The second-order valence-corrected chi connectivity index (χ2v) is 5.41. The van der Waals surface area contributed by atoms with Crippen molar-refractivity contribution in [3.05, 3.63) is 12.2 Å². The first-order valence-electron chi connectivity index (χ1n) is 6.43. The molecule has 0 amide bonds. The smallest absolute Gasteiger partial charge is 0.333 e. The first-order chi connectivity index (χ1) is 8.08. The number of carbonyl (C=O) groups excluding carboxylic acids is 2. The van der Waals surface area contributed by atoms with E-state index in [-0.39, 0.29) is 5.97 Å². The van der Waals surface area contributed by atoms with Gasteiger partial charge >= 0.3 is 5.97 Å². The van der Waals surface area contributed by atoms with Crippen LogP contribution in [0, 0.1) is 17.8 Å². The van der Waals surface area contributed by atoms with E-state index in [4.69, 9.17) is 4.74 Å². The average Bonchev–Trinajstić information content (AvgIpc) is 2.58. The Kier molecular flexibility index (Phi) is 3.65. The minimum Gasteiger partial charge on any atom is -0.462 e. The van der Waals surface area contributed by atoms with Crippen LogP contribution in [0.2, 0.25) is 0 Å². The topological polar surface area (TPSA) is 43.4 Å². The van der Waals surface area contributed by atoms with Crippen LogP contribution in [0.25, 0.3) is 0 Å². The van der Waals surface area contributed by atoms with Gasteiger partial charge in [0.05, 0.1) is 6.61 Å². The van der Waals surface area contributed by atoms with Crippen LogP contribution in [0.3, 0.4) is 0 Å².